The molecule has 0 saturated heterocycles. The molecule has 0 fully saturated rings. The van der Waals surface area contributed by atoms with Crippen LogP contribution in [0.5, 0.6) is 0 Å². The predicted octanol–water partition coefficient (Wildman–Crippen LogP) is 1.97. The average molecular weight is 191 g/mol. The van der Waals surface area contributed by atoms with Crippen LogP contribution >= 0.6 is 0 Å². The Labute approximate surface area is 80.7 Å². The van der Waals surface area contributed by atoms with E-state index in [0.29, 0.717) is 12.0 Å². The molecule has 14 heavy (non-hydrogen) atoms. The summed E-state index contributed by atoms with van der Waals surface area (Å²) in [4.78, 5) is 21.6. The zero-order valence-electron chi connectivity index (χ0n) is 7.69. The van der Waals surface area contributed by atoms with Gasteiger partial charge in [-0.25, -0.2) is 0 Å². The van der Waals surface area contributed by atoms with E-state index in [0.717, 1.165) is 5.56 Å². The van der Waals surface area contributed by atoms with Crippen LogP contribution in [0.2, 0.25) is 0 Å². The van der Waals surface area contributed by atoms with Gasteiger partial charge in [-0.2, -0.15) is 0 Å². The third-order valence-corrected chi connectivity index (χ3v) is 2.54. The first kappa shape index (κ1) is 8.87. The molecule has 1 aromatic carbocycles. The Morgan fingerprint density at radius 3 is 2.86 bits per heavy atom. The smallest absolute Gasteiger partial charge is 0.269 e. The van der Waals surface area contributed by atoms with Gasteiger partial charge >= 0.3 is 0 Å². The van der Waals surface area contributed by atoms with Crippen molar-refractivity contribution in [2.24, 2.45) is 5.92 Å². The van der Waals surface area contributed by atoms with Crippen molar-refractivity contribution < 1.29 is 9.72 Å². The van der Waals surface area contributed by atoms with Crippen LogP contribution in [0, 0.1) is 16.0 Å². The average Bonchev–Trinajstić information content (AvgIpc) is 2.42. The summed E-state index contributed by atoms with van der Waals surface area (Å²) >= 11 is 0. The van der Waals surface area contributed by atoms with Gasteiger partial charge < -0.3 is 0 Å². The lowest BCUT2D eigenvalue weighted by Crippen LogP contribution is -2.02. The Kier molecular flexibility index (Phi) is 1.84. The largest absolute Gasteiger partial charge is 0.294 e. The van der Waals surface area contributed by atoms with E-state index in [4.69, 9.17) is 0 Å². The summed E-state index contributed by atoms with van der Waals surface area (Å²) < 4.78 is 0. The van der Waals surface area contributed by atoms with Gasteiger partial charge in [0.05, 0.1) is 4.92 Å². The summed E-state index contributed by atoms with van der Waals surface area (Å²) in [5.74, 6) is 0.0573. The highest BCUT2D eigenvalue weighted by molar-refractivity contribution is 6.02. The first-order valence-corrected chi connectivity index (χ1v) is 4.41. The van der Waals surface area contributed by atoms with Gasteiger partial charge in [0.15, 0.2) is 5.78 Å². The Hall–Kier alpha value is -1.71. The van der Waals surface area contributed by atoms with Crippen LogP contribution < -0.4 is 0 Å². The van der Waals surface area contributed by atoms with Crippen LogP contribution in [0.3, 0.4) is 0 Å². The minimum atomic E-state index is -0.437. The zero-order valence-corrected chi connectivity index (χ0v) is 7.69. The summed E-state index contributed by atoms with van der Waals surface area (Å²) in [5, 5.41) is 10.5. The van der Waals surface area contributed by atoms with E-state index in [1.165, 1.54) is 12.1 Å². The Bertz CT molecular complexity index is 425. The van der Waals surface area contributed by atoms with Crippen molar-refractivity contribution in [1.82, 2.24) is 0 Å². The number of hydrogen-bond donors (Lipinski definition) is 0. The first-order valence-electron chi connectivity index (χ1n) is 4.41. The molecule has 4 nitrogen and oxygen atoms in total. The van der Waals surface area contributed by atoms with E-state index >= 15 is 0 Å². The zero-order chi connectivity index (χ0) is 10.3. The highest BCUT2D eigenvalue weighted by Crippen LogP contribution is 2.29. The Balaban J connectivity index is 2.49. The summed E-state index contributed by atoms with van der Waals surface area (Å²) in [6.07, 6.45) is 0.621. The second kappa shape index (κ2) is 2.90. The molecule has 1 aliphatic rings. The predicted molar refractivity (Wildman–Crippen MR) is 50.3 cm³/mol. The molecular formula is C10H9NO3. The molecule has 1 atom stereocenters. The van der Waals surface area contributed by atoms with Crippen molar-refractivity contribution >= 4 is 11.5 Å². The number of hydrogen-bond acceptors (Lipinski definition) is 3. The third-order valence-electron chi connectivity index (χ3n) is 2.54. The maximum Gasteiger partial charge on any atom is 0.269 e. The van der Waals surface area contributed by atoms with Crippen LogP contribution in [0.15, 0.2) is 18.2 Å². The lowest BCUT2D eigenvalue weighted by molar-refractivity contribution is -0.384. The number of carbonyl (C=O) groups excluding carboxylic acids is 1. The number of carbonyl (C=O) groups is 1. The lowest BCUT2D eigenvalue weighted by atomic mass is 10.1. The van der Waals surface area contributed by atoms with Crippen molar-refractivity contribution in [2.75, 3.05) is 0 Å². The molecule has 0 radical (unpaired) electrons. The van der Waals surface area contributed by atoms with E-state index in [1.807, 2.05) is 6.92 Å². The third kappa shape index (κ3) is 1.19. The summed E-state index contributed by atoms with van der Waals surface area (Å²) in [7, 11) is 0. The second-order valence-corrected chi connectivity index (χ2v) is 3.57. The summed E-state index contributed by atoms with van der Waals surface area (Å²) in [6, 6.07) is 4.44. The molecule has 72 valence electrons. The molecule has 0 bridgehead atoms. The summed E-state index contributed by atoms with van der Waals surface area (Å²) in [5.41, 5.74) is 1.51. The number of benzene rings is 1. The summed E-state index contributed by atoms with van der Waals surface area (Å²) in [6.45, 7) is 1.84. The van der Waals surface area contributed by atoms with Crippen molar-refractivity contribution in [3.63, 3.8) is 0 Å². The maximum atomic E-state index is 11.5. The van der Waals surface area contributed by atoms with E-state index in [9.17, 15) is 14.9 Å². The van der Waals surface area contributed by atoms with Gasteiger partial charge in [-0.3, -0.25) is 14.9 Å². The molecule has 0 saturated carbocycles. The number of nitro benzene ring substituents is 1. The normalized spacial score (nSPS) is 19.5. The number of nitro groups is 1. The molecule has 0 aliphatic heterocycles. The van der Waals surface area contributed by atoms with Crippen LogP contribution in [-0.4, -0.2) is 10.7 Å². The Morgan fingerprint density at radius 1 is 1.50 bits per heavy atom. The van der Waals surface area contributed by atoms with Crippen molar-refractivity contribution in [1.29, 1.82) is 0 Å². The maximum absolute atomic E-state index is 11.5. The van der Waals surface area contributed by atoms with Gasteiger partial charge in [0.25, 0.3) is 5.69 Å². The van der Waals surface area contributed by atoms with Gasteiger partial charge in [0.2, 0.25) is 0 Å². The van der Waals surface area contributed by atoms with Crippen LogP contribution in [0.25, 0.3) is 0 Å². The van der Waals surface area contributed by atoms with Crippen LogP contribution in [0.1, 0.15) is 22.8 Å². The van der Waals surface area contributed by atoms with Crippen LogP contribution in [0.4, 0.5) is 5.69 Å². The van der Waals surface area contributed by atoms with Gasteiger partial charge in [-0.1, -0.05) is 6.92 Å². The molecule has 1 unspecified atom stereocenters. The molecule has 0 N–H and O–H groups in total. The second-order valence-electron chi connectivity index (χ2n) is 3.57. The van der Waals surface area contributed by atoms with Gasteiger partial charge in [-0.05, 0) is 18.1 Å². The molecule has 2 rings (SSSR count). The van der Waals surface area contributed by atoms with E-state index in [1.54, 1.807) is 6.07 Å². The topological polar surface area (TPSA) is 60.2 Å². The standard InChI is InChI=1S/C10H9NO3/c1-6-4-7-5-8(11(13)14)2-3-9(7)10(6)12/h2-3,5-6H,4H2,1H3. The minimum absolute atomic E-state index is 0.0352. The van der Waals surface area contributed by atoms with Gasteiger partial charge in [-0.15, -0.1) is 0 Å². The molecule has 0 spiro atoms. The van der Waals surface area contributed by atoms with E-state index < -0.39 is 4.92 Å². The molecule has 1 aromatic rings. The first-order chi connectivity index (χ1) is 6.59. The number of nitrogens with zero attached hydrogens (tertiary/aromatic N) is 1. The number of fused-ring (bicyclic) bond motifs is 1. The van der Waals surface area contributed by atoms with Crippen molar-refractivity contribution in [3.05, 3.63) is 39.4 Å². The lowest BCUT2D eigenvalue weighted by Gasteiger charge is -1.95. The fraction of sp³-hybridized carbons (Fsp3) is 0.300. The molecule has 4 heteroatoms. The molecule has 0 aromatic heterocycles. The Morgan fingerprint density at radius 2 is 2.21 bits per heavy atom. The van der Waals surface area contributed by atoms with Crippen molar-refractivity contribution in [2.45, 2.75) is 13.3 Å². The van der Waals surface area contributed by atoms with E-state index in [2.05, 4.69) is 0 Å². The molecule has 0 amide bonds. The fourth-order valence-electron chi connectivity index (χ4n) is 1.79. The highest BCUT2D eigenvalue weighted by atomic mass is 16.6. The number of non-ortho nitro benzene ring substituents is 1. The SMILES string of the molecule is CC1Cc2cc([N+](=O)[O-])ccc2C1=O. The molecule has 1 aliphatic carbocycles. The fourth-order valence-corrected chi connectivity index (χ4v) is 1.79. The number of ketones is 1. The highest BCUT2D eigenvalue weighted by Gasteiger charge is 2.28. The monoisotopic (exact) mass is 191 g/mol. The number of rotatable bonds is 1. The van der Waals surface area contributed by atoms with Gasteiger partial charge in [0, 0.05) is 23.6 Å². The quantitative estimate of drug-likeness (QED) is 0.503. The van der Waals surface area contributed by atoms with E-state index in [-0.39, 0.29) is 17.4 Å². The minimum Gasteiger partial charge on any atom is -0.294 e. The van der Waals surface area contributed by atoms with Crippen molar-refractivity contribution in [3.8, 4) is 0 Å². The van der Waals surface area contributed by atoms with Gasteiger partial charge in [0.1, 0.15) is 0 Å². The number of Topliss-reactive ketones (excluding diaryl/α,β-unsaturated/α-hetero) is 1. The molecule has 0 heterocycles. The molecular weight excluding hydrogens is 182 g/mol. The van der Waals surface area contributed by atoms with Crippen LogP contribution in [-0.2, 0) is 6.42 Å².